The molecule has 0 aromatic heterocycles. The van der Waals surface area contributed by atoms with Gasteiger partial charge in [-0.3, -0.25) is 4.79 Å². The van der Waals surface area contributed by atoms with Gasteiger partial charge in [0.1, 0.15) is 17.4 Å². The molecule has 11 nitrogen and oxygen atoms in total. The molecule has 1 unspecified atom stereocenters. The van der Waals surface area contributed by atoms with Gasteiger partial charge in [0.25, 0.3) is 15.9 Å². The number of likely N-dealkylation sites (N-methyl/N-ethyl adjacent to an activating group) is 2. The lowest BCUT2D eigenvalue weighted by atomic mass is 9.86. The third-order valence-corrected chi connectivity index (χ3v) is 9.30. The lowest BCUT2D eigenvalue weighted by molar-refractivity contribution is -0.162. The summed E-state index contributed by atoms with van der Waals surface area (Å²) in [6.45, 7) is 14.9. The van der Waals surface area contributed by atoms with E-state index >= 15 is 0 Å². The molecule has 1 aliphatic heterocycles. The van der Waals surface area contributed by atoms with Crippen molar-refractivity contribution < 1.29 is 32.3 Å². The summed E-state index contributed by atoms with van der Waals surface area (Å²) < 4.78 is 40.5. The van der Waals surface area contributed by atoms with E-state index in [1.54, 1.807) is 69.1 Å². The second kappa shape index (κ2) is 14.3. The Morgan fingerprint density at radius 3 is 1.96 bits per heavy atom. The molecule has 0 aliphatic carbocycles. The molecular formula is C33H48N4O7S. The fraction of sp³-hybridized carbons (Fsp3) is 0.545. The summed E-state index contributed by atoms with van der Waals surface area (Å²) in [5, 5.41) is 2.95. The molecule has 2 aromatic carbocycles. The van der Waals surface area contributed by atoms with E-state index in [-0.39, 0.29) is 11.3 Å². The minimum Gasteiger partial charge on any atom is -0.458 e. The summed E-state index contributed by atoms with van der Waals surface area (Å²) in [5.41, 5.74) is -0.267. The van der Waals surface area contributed by atoms with Gasteiger partial charge in [-0.2, -0.15) is 0 Å². The van der Waals surface area contributed by atoms with Crippen LogP contribution < -0.4 is 10.1 Å². The van der Waals surface area contributed by atoms with Gasteiger partial charge in [0.15, 0.2) is 0 Å². The third-order valence-electron chi connectivity index (χ3n) is 7.48. The number of esters is 1. The molecule has 0 radical (unpaired) electrons. The van der Waals surface area contributed by atoms with Gasteiger partial charge in [0.05, 0.1) is 10.9 Å². The van der Waals surface area contributed by atoms with E-state index < -0.39 is 51.1 Å². The number of nitrogens with zero attached hydrogens (tertiary/aromatic N) is 3. The smallest absolute Gasteiger partial charge is 0.415 e. The lowest BCUT2D eigenvalue weighted by Crippen LogP contribution is -2.59. The van der Waals surface area contributed by atoms with Crippen LogP contribution in [0.15, 0.2) is 53.4 Å². The first-order valence-electron chi connectivity index (χ1n) is 15.1. The molecule has 2 atom stereocenters. The van der Waals surface area contributed by atoms with E-state index in [1.807, 2.05) is 34.7 Å². The number of piperazine rings is 1. The van der Waals surface area contributed by atoms with Crippen molar-refractivity contribution in [3.63, 3.8) is 0 Å². The Morgan fingerprint density at radius 2 is 1.47 bits per heavy atom. The summed E-state index contributed by atoms with van der Waals surface area (Å²) >= 11 is 0. The number of benzene rings is 2. The van der Waals surface area contributed by atoms with Crippen molar-refractivity contribution in [1.29, 1.82) is 0 Å². The van der Waals surface area contributed by atoms with Gasteiger partial charge in [-0.25, -0.2) is 22.3 Å². The molecule has 1 saturated heterocycles. The number of hydrogen-bond donors (Lipinski definition) is 1. The topological polar surface area (TPSA) is 126 Å². The average molecular weight is 645 g/mol. The largest absolute Gasteiger partial charge is 0.458 e. The quantitative estimate of drug-likeness (QED) is 0.406. The van der Waals surface area contributed by atoms with Crippen LogP contribution in [0.3, 0.4) is 0 Å². The van der Waals surface area contributed by atoms with Crippen molar-refractivity contribution in [3.8, 4) is 5.75 Å². The predicted octanol–water partition coefficient (Wildman–Crippen LogP) is 3.85. The molecule has 0 saturated carbocycles. The minimum absolute atomic E-state index is 0.120. The van der Waals surface area contributed by atoms with Gasteiger partial charge in [-0.05, 0) is 77.0 Å². The van der Waals surface area contributed by atoms with Crippen LogP contribution in [-0.2, 0) is 30.8 Å². The summed E-state index contributed by atoms with van der Waals surface area (Å²) in [6, 6.07) is 10.1. The number of amides is 2. The Kier molecular flexibility index (Phi) is 11.4. The van der Waals surface area contributed by atoms with Crippen LogP contribution in [0.5, 0.6) is 5.75 Å². The molecule has 0 spiro atoms. The highest BCUT2D eigenvalue weighted by Crippen LogP contribution is 2.29. The van der Waals surface area contributed by atoms with Crippen molar-refractivity contribution in [2.75, 3.05) is 40.3 Å². The van der Waals surface area contributed by atoms with E-state index in [0.29, 0.717) is 28.7 Å². The zero-order valence-corrected chi connectivity index (χ0v) is 28.7. The first-order chi connectivity index (χ1) is 20.8. The Labute approximate surface area is 267 Å². The predicted molar refractivity (Wildman–Crippen MR) is 172 cm³/mol. The zero-order chi connectivity index (χ0) is 33.7. The Balaban J connectivity index is 2.03. The van der Waals surface area contributed by atoms with Crippen LogP contribution in [0, 0.1) is 12.3 Å². The van der Waals surface area contributed by atoms with Gasteiger partial charge in [-0.1, -0.05) is 50.6 Å². The molecule has 1 N–H and O–H groups in total. The van der Waals surface area contributed by atoms with E-state index in [2.05, 4.69) is 10.2 Å². The highest BCUT2D eigenvalue weighted by atomic mass is 32.2. The molecular weight excluding hydrogens is 596 g/mol. The normalized spacial score (nSPS) is 16.1. The number of rotatable bonds is 9. The van der Waals surface area contributed by atoms with E-state index in [9.17, 15) is 22.8 Å². The second-order valence-electron chi connectivity index (χ2n) is 13.6. The lowest BCUT2D eigenvalue weighted by Gasteiger charge is -2.37. The molecule has 2 amide bonds. The van der Waals surface area contributed by atoms with Gasteiger partial charge in [0.2, 0.25) is 0 Å². The van der Waals surface area contributed by atoms with Gasteiger partial charge in [0, 0.05) is 32.6 Å². The summed E-state index contributed by atoms with van der Waals surface area (Å²) in [4.78, 5) is 44.4. The molecule has 0 bridgehead atoms. The standard InChI is InChI=1S/C33H48N4O7S/c1-23-10-16-26(17-11-23)45(41,42)37(29(38)28(34-8)32(2,3)4)27(30(39)44-33(5,6)7)22-24-12-14-25(15-13-24)43-31(40)36-20-18-35(9)19-21-36/h10-17,27-28,34H,18-22H2,1-9H3/t27-,28?/m0/s1. The van der Waals surface area contributed by atoms with Crippen molar-refractivity contribution in [1.82, 2.24) is 19.4 Å². The fourth-order valence-corrected chi connectivity index (χ4v) is 6.57. The number of aryl methyl sites for hydroxylation is 1. The van der Waals surface area contributed by atoms with Gasteiger partial charge < -0.3 is 24.6 Å². The number of nitrogens with one attached hydrogen (secondary N) is 1. The molecule has 1 fully saturated rings. The first kappa shape index (κ1) is 36.0. The summed E-state index contributed by atoms with van der Waals surface area (Å²) in [5.74, 6) is -1.33. The summed E-state index contributed by atoms with van der Waals surface area (Å²) in [6.07, 6.45) is -0.623. The molecule has 1 heterocycles. The van der Waals surface area contributed by atoms with Crippen LogP contribution in [0.2, 0.25) is 0 Å². The molecule has 45 heavy (non-hydrogen) atoms. The molecule has 1 aliphatic rings. The summed E-state index contributed by atoms with van der Waals surface area (Å²) in [7, 11) is -0.955. The van der Waals surface area contributed by atoms with Crippen molar-refractivity contribution >= 4 is 28.0 Å². The van der Waals surface area contributed by atoms with Crippen molar-refractivity contribution in [3.05, 3.63) is 59.7 Å². The zero-order valence-electron chi connectivity index (χ0n) is 27.9. The Morgan fingerprint density at radius 1 is 0.911 bits per heavy atom. The number of carbonyl (C=O) groups is 3. The maximum absolute atomic E-state index is 14.3. The van der Waals surface area contributed by atoms with E-state index in [0.717, 1.165) is 18.7 Å². The van der Waals surface area contributed by atoms with E-state index in [1.165, 1.54) is 12.1 Å². The van der Waals surface area contributed by atoms with E-state index in [4.69, 9.17) is 9.47 Å². The first-order valence-corrected chi connectivity index (χ1v) is 16.6. The molecule has 3 rings (SSSR count). The van der Waals surface area contributed by atoms with Crippen LogP contribution in [0.1, 0.15) is 52.7 Å². The number of ether oxygens (including phenoxy) is 2. The highest BCUT2D eigenvalue weighted by molar-refractivity contribution is 7.89. The van der Waals surface area contributed by atoms with Crippen molar-refractivity contribution in [2.45, 2.75) is 77.5 Å². The second-order valence-corrected chi connectivity index (χ2v) is 15.4. The Hall–Kier alpha value is -3.48. The monoisotopic (exact) mass is 644 g/mol. The van der Waals surface area contributed by atoms with Gasteiger partial charge in [-0.15, -0.1) is 0 Å². The van der Waals surface area contributed by atoms with Crippen LogP contribution in [0.25, 0.3) is 0 Å². The molecule has 12 heteroatoms. The average Bonchev–Trinajstić information content (AvgIpc) is 2.92. The van der Waals surface area contributed by atoms with Crippen LogP contribution in [0.4, 0.5) is 4.79 Å². The number of carbonyl (C=O) groups excluding carboxylic acids is 3. The van der Waals surface area contributed by atoms with Crippen molar-refractivity contribution in [2.24, 2.45) is 5.41 Å². The maximum atomic E-state index is 14.3. The minimum atomic E-state index is -4.53. The fourth-order valence-electron chi connectivity index (χ4n) is 5.02. The van der Waals surface area contributed by atoms with Crippen LogP contribution in [-0.4, -0.2) is 98.5 Å². The Bertz CT molecular complexity index is 1440. The van der Waals surface area contributed by atoms with Gasteiger partial charge >= 0.3 is 12.1 Å². The highest BCUT2D eigenvalue weighted by Gasteiger charge is 2.46. The maximum Gasteiger partial charge on any atom is 0.415 e. The van der Waals surface area contributed by atoms with Crippen LogP contribution >= 0.6 is 0 Å². The molecule has 2 aromatic rings. The number of hydrogen-bond acceptors (Lipinski definition) is 9. The SMILES string of the molecule is CNC(C(=O)N([C@@H](Cc1ccc(OC(=O)N2CCN(C)CC2)cc1)C(=O)OC(C)(C)C)S(=O)(=O)c1ccc(C)cc1)C(C)(C)C. The number of sulfonamides is 1. The third kappa shape index (κ3) is 9.51. The molecule has 248 valence electrons.